The molecule has 1 aromatic rings. The van der Waals surface area contributed by atoms with E-state index in [4.69, 9.17) is 0 Å². The van der Waals surface area contributed by atoms with Gasteiger partial charge < -0.3 is 0 Å². The molecule has 3 rings (SSSR count). The van der Waals surface area contributed by atoms with Crippen molar-refractivity contribution in [2.75, 3.05) is 0 Å². The highest BCUT2D eigenvalue weighted by atomic mass is 16.1. The predicted molar refractivity (Wildman–Crippen MR) is 79.6 cm³/mol. The van der Waals surface area contributed by atoms with Crippen LogP contribution in [0, 0.1) is 0 Å². The van der Waals surface area contributed by atoms with E-state index in [1.807, 2.05) is 6.07 Å². The first-order valence-electron chi connectivity index (χ1n) is 8.09. The largest absolute Gasteiger partial charge is 0.294 e. The lowest BCUT2D eigenvalue weighted by atomic mass is 10.0. The molecule has 0 radical (unpaired) electrons. The highest BCUT2D eigenvalue weighted by Gasteiger charge is 2.19. The molecule has 1 fully saturated rings. The van der Waals surface area contributed by atoms with Crippen molar-refractivity contribution < 1.29 is 4.79 Å². The fourth-order valence-corrected chi connectivity index (χ4v) is 3.39. The third-order valence-corrected chi connectivity index (χ3v) is 4.60. The zero-order chi connectivity index (χ0) is 13.8. The molecule has 1 saturated carbocycles. The Morgan fingerprint density at radius 3 is 2.90 bits per heavy atom. The molecular formula is C17H24N2O. The molecule has 0 saturated heterocycles. The van der Waals surface area contributed by atoms with Crippen LogP contribution in [-0.2, 0) is 11.2 Å². The van der Waals surface area contributed by atoms with E-state index in [0.29, 0.717) is 12.5 Å². The quantitative estimate of drug-likeness (QED) is 0.830. The van der Waals surface area contributed by atoms with Gasteiger partial charge in [-0.05, 0) is 50.2 Å². The maximum absolute atomic E-state index is 12.3. The molecular weight excluding hydrogens is 248 g/mol. The van der Waals surface area contributed by atoms with Gasteiger partial charge in [0, 0.05) is 6.20 Å². The standard InChI is InChI=1S/C17H24N2O/c20-17(14-7-3-1-2-4-8-14)13-15-11-12-19(18-15)16-9-5-6-10-16/h7,11-12,16H,1-6,8-10,13H2. The predicted octanol–water partition coefficient (Wildman–Crippen LogP) is 4.00. The second-order valence-electron chi connectivity index (χ2n) is 6.15. The SMILES string of the molecule is O=C(Cc1ccn(C2CCCC2)n1)C1=CCCCCC1. The summed E-state index contributed by atoms with van der Waals surface area (Å²) in [6.45, 7) is 0. The van der Waals surface area contributed by atoms with E-state index < -0.39 is 0 Å². The fraction of sp³-hybridized carbons (Fsp3) is 0.647. The van der Waals surface area contributed by atoms with Crippen molar-refractivity contribution in [2.24, 2.45) is 0 Å². The van der Waals surface area contributed by atoms with Gasteiger partial charge in [-0.15, -0.1) is 0 Å². The van der Waals surface area contributed by atoms with Crippen LogP contribution in [0.4, 0.5) is 0 Å². The van der Waals surface area contributed by atoms with Gasteiger partial charge in [0.05, 0.1) is 18.2 Å². The van der Waals surface area contributed by atoms with Gasteiger partial charge in [0.15, 0.2) is 5.78 Å². The average Bonchev–Trinajstić information content (AvgIpc) is 3.05. The lowest BCUT2D eigenvalue weighted by Crippen LogP contribution is -2.09. The highest BCUT2D eigenvalue weighted by molar-refractivity contribution is 5.96. The summed E-state index contributed by atoms with van der Waals surface area (Å²) in [5.74, 6) is 0.281. The van der Waals surface area contributed by atoms with Crippen LogP contribution in [0.15, 0.2) is 23.9 Å². The number of aromatic nitrogens is 2. The van der Waals surface area contributed by atoms with Crippen LogP contribution >= 0.6 is 0 Å². The van der Waals surface area contributed by atoms with Gasteiger partial charge in [0.2, 0.25) is 0 Å². The molecule has 3 heteroatoms. The number of ketones is 1. The zero-order valence-electron chi connectivity index (χ0n) is 12.2. The molecule has 0 aliphatic heterocycles. The van der Waals surface area contributed by atoms with Crippen molar-refractivity contribution >= 4 is 5.78 Å². The van der Waals surface area contributed by atoms with Crippen LogP contribution in [0.3, 0.4) is 0 Å². The Morgan fingerprint density at radius 2 is 2.05 bits per heavy atom. The second-order valence-corrected chi connectivity index (χ2v) is 6.15. The van der Waals surface area contributed by atoms with Crippen LogP contribution in [-0.4, -0.2) is 15.6 Å². The summed E-state index contributed by atoms with van der Waals surface area (Å²) in [4.78, 5) is 12.3. The van der Waals surface area contributed by atoms with Crippen molar-refractivity contribution in [3.05, 3.63) is 29.6 Å². The number of hydrogen-bond acceptors (Lipinski definition) is 2. The second kappa shape index (κ2) is 6.38. The van der Waals surface area contributed by atoms with Gasteiger partial charge in [-0.1, -0.05) is 25.3 Å². The molecule has 0 spiro atoms. The summed E-state index contributed by atoms with van der Waals surface area (Å²) in [6, 6.07) is 2.59. The summed E-state index contributed by atoms with van der Waals surface area (Å²) < 4.78 is 2.08. The first-order valence-corrected chi connectivity index (χ1v) is 8.09. The number of Topliss-reactive ketones (excluding diaryl/α,β-unsaturated/α-hetero) is 1. The van der Waals surface area contributed by atoms with E-state index in [0.717, 1.165) is 30.5 Å². The monoisotopic (exact) mass is 272 g/mol. The maximum Gasteiger partial charge on any atom is 0.164 e. The average molecular weight is 272 g/mol. The summed E-state index contributed by atoms with van der Waals surface area (Å²) in [5, 5.41) is 4.62. The number of carbonyl (C=O) groups is 1. The molecule has 3 nitrogen and oxygen atoms in total. The van der Waals surface area contributed by atoms with Gasteiger partial charge in [-0.2, -0.15) is 5.10 Å². The Balaban J connectivity index is 1.62. The molecule has 0 unspecified atom stereocenters. The number of hydrogen-bond donors (Lipinski definition) is 0. The molecule has 108 valence electrons. The van der Waals surface area contributed by atoms with Crippen molar-refractivity contribution in [2.45, 2.75) is 70.3 Å². The molecule has 0 N–H and O–H groups in total. The fourth-order valence-electron chi connectivity index (χ4n) is 3.39. The van der Waals surface area contributed by atoms with Crippen molar-refractivity contribution in [1.29, 1.82) is 0 Å². The van der Waals surface area contributed by atoms with Crippen LogP contribution < -0.4 is 0 Å². The third kappa shape index (κ3) is 3.20. The topological polar surface area (TPSA) is 34.9 Å². The Kier molecular flexibility index (Phi) is 4.34. The Labute approximate surface area is 121 Å². The van der Waals surface area contributed by atoms with Gasteiger partial charge >= 0.3 is 0 Å². The Morgan fingerprint density at radius 1 is 1.20 bits per heavy atom. The minimum Gasteiger partial charge on any atom is -0.294 e. The summed E-state index contributed by atoms with van der Waals surface area (Å²) in [5.41, 5.74) is 1.98. The van der Waals surface area contributed by atoms with Gasteiger partial charge in [-0.25, -0.2) is 0 Å². The van der Waals surface area contributed by atoms with Crippen LogP contribution in [0.1, 0.15) is 69.5 Å². The number of allylic oxidation sites excluding steroid dienone is 2. The molecule has 20 heavy (non-hydrogen) atoms. The smallest absolute Gasteiger partial charge is 0.164 e. The van der Waals surface area contributed by atoms with Crippen molar-refractivity contribution in [3.8, 4) is 0 Å². The Bertz CT molecular complexity index is 495. The summed E-state index contributed by atoms with van der Waals surface area (Å²) >= 11 is 0. The summed E-state index contributed by atoms with van der Waals surface area (Å²) in [7, 11) is 0. The molecule has 2 aliphatic rings. The van der Waals surface area contributed by atoms with Crippen LogP contribution in [0.2, 0.25) is 0 Å². The van der Waals surface area contributed by atoms with E-state index in [1.54, 1.807) is 0 Å². The number of nitrogens with zero attached hydrogens (tertiary/aromatic N) is 2. The Hall–Kier alpha value is -1.38. The molecule has 1 heterocycles. The van der Waals surface area contributed by atoms with Gasteiger partial charge in [-0.3, -0.25) is 9.48 Å². The highest BCUT2D eigenvalue weighted by Crippen LogP contribution is 2.28. The minimum atomic E-state index is 0.281. The molecule has 0 atom stereocenters. The van der Waals surface area contributed by atoms with E-state index in [-0.39, 0.29) is 5.78 Å². The molecule has 2 aliphatic carbocycles. The van der Waals surface area contributed by atoms with E-state index >= 15 is 0 Å². The minimum absolute atomic E-state index is 0.281. The normalized spacial score (nSPS) is 20.7. The number of carbonyl (C=O) groups excluding carboxylic acids is 1. The molecule has 0 bridgehead atoms. The van der Waals surface area contributed by atoms with E-state index in [1.165, 1.54) is 38.5 Å². The van der Waals surface area contributed by atoms with E-state index in [9.17, 15) is 4.79 Å². The van der Waals surface area contributed by atoms with Crippen molar-refractivity contribution in [3.63, 3.8) is 0 Å². The van der Waals surface area contributed by atoms with Gasteiger partial charge in [0.25, 0.3) is 0 Å². The molecule has 0 aromatic carbocycles. The van der Waals surface area contributed by atoms with Crippen LogP contribution in [0.5, 0.6) is 0 Å². The maximum atomic E-state index is 12.3. The zero-order valence-corrected chi connectivity index (χ0v) is 12.2. The van der Waals surface area contributed by atoms with Crippen LogP contribution in [0.25, 0.3) is 0 Å². The first-order chi connectivity index (χ1) is 9.83. The number of rotatable bonds is 4. The lowest BCUT2D eigenvalue weighted by molar-refractivity contribution is -0.115. The van der Waals surface area contributed by atoms with Crippen molar-refractivity contribution in [1.82, 2.24) is 9.78 Å². The molecule has 0 amide bonds. The first kappa shape index (κ1) is 13.6. The molecule has 1 aromatic heterocycles. The van der Waals surface area contributed by atoms with E-state index in [2.05, 4.69) is 22.1 Å². The summed E-state index contributed by atoms with van der Waals surface area (Å²) in [6.07, 6.45) is 15.5. The lowest BCUT2D eigenvalue weighted by Gasteiger charge is -2.08. The third-order valence-electron chi connectivity index (χ3n) is 4.60. The van der Waals surface area contributed by atoms with Gasteiger partial charge in [0.1, 0.15) is 0 Å².